The molecule has 0 radical (unpaired) electrons. The van der Waals surface area contributed by atoms with E-state index in [-0.39, 0.29) is 23.7 Å². The van der Waals surface area contributed by atoms with Crippen molar-refractivity contribution in [2.24, 2.45) is 17.8 Å². The van der Waals surface area contributed by atoms with Crippen molar-refractivity contribution in [2.45, 2.75) is 113 Å². The highest BCUT2D eigenvalue weighted by Gasteiger charge is 2.50. The molecule has 2 heterocycles. The highest BCUT2D eigenvalue weighted by Crippen LogP contribution is 2.55. The summed E-state index contributed by atoms with van der Waals surface area (Å²) in [5, 5.41) is 6.48. The maximum absolute atomic E-state index is 14.3. The lowest BCUT2D eigenvalue weighted by Gasteiger charge is -2.57. The molecule has 2 N–H and O–H groups in total. The first kappa shape index (κ1) is 25.8. The van der Waals surface area contributed by atoms with E-state index in [2.05, 4.69) is 15.5 Å². The van der Waals surface area contributed by atoms with Gasteiger partial charge >= 0.3 is 0 Å². The monoisotopic (exact) mass is 527 g/mol. The summed E-state index contributed by atoms with van der Waals surface area (Å²) in [4.78, 5) is 26.9. The van der Waals surface area contributed by atoms with Crippen molar-refractivity contribution in [2.75, 3.05) is 12.3 Å². The number of hydrogen-bond acceptors (Lipinski definition) is 5. The van der Waals surface area contributed by atoms with Gasteiger partial charge < -0.3 is 5.32 Å². The summed E-state index contributed by atoms with van der Waals surface area (Å²) in [6.07, 6.45) is 16.0. The van der Waals surface area contributed by atoms with Gasteiger partial charge in [0, 0.05) is 29.9 Å². The van der Waals surface area contributed by atoms with Gasteiger partial charge in [-0.15, -0.1) is 11.8 Å². The molecule has 4 bridgehead atoms. The number of rotatable bonds is 11. The number of imide groups is 1. The highest BCUT2D eigenvalue weighted by molar-refractivity contribution is 7.99. The van der Waals surface area contributed by atoms with Crippen molar-refractivity contribution in [1.82, 2.24) is 15.5 Å². The van der Waals surface area contributed by atoms with Gasteiger partial charge in [-0.2, -0.15) is 0 Å². The Morgan fingerprint density at radius 1 is 0.973 bits per heavy atom. The number of unbranched alkanes of at least 4 members (excludes halogenated alkanes) is 4. The lowest BCUT2D eigenvalue weighted by molar-refractivity contribution is -0.137. The van der Waals surface area contributed by atoms with E-state index in [9.17, 15) is 14.0 Å². The number of benzene rings is 1. The molecule has 1 unspecified atom stereocenters. The van der Waals surface area contributed by atoms with Crippen LogP contribution < -0.4 is 10.6 Å². The molecule has 2 amide bonds. The predicted octanol–water partition coefficient (Wildman–Crippen LogP) is 5.55. The minimum Gasteiger partial charge on any atom is -0.311 e. The maximum Gasteiger partial charge on any atom is 0.243 e. The standard InChI is InChI=1S/C30H42FN3O2S/c31-24-13-23-18-34(26-6-7-28(35)33-29(26)36)19-25(23)27(14-24)37-9-5-3-1-2-4-8-32-30-15-20-10-21(16-30)12-22(11-20)17-30/h13-14,20-22,26,32H,1-12,15-19H2,(H,33,35,36). The number of fused-ring (bicyclic) bond motifs is 1. The molecule has 7 rings (SSSR count). The second-order valence-corrected chi connectivity index (χ2v) is 13.8. The zero-order valence-corrected chi connectivity index (χ0v) is 22.9. The fraction of sp³-hybridized carbons (Fsp3) is 0.733. The van der Waals surface area contributed by atoms with Crippen molar-refractivity contribution in [3.05, 3.63) is 29.1 Å². The summed E-state index contributed by atoms with van der Waals surface area (Å²) < 4.78 is 14.3. The van der Waals surface area contributed by atoms with Gasteiger partial charge in [0.05, 0.1) is 6.04 Å². The third kappa shape index (κ3) is 5.79. The van der Waals surface area contributed by atoms with Crippen molar-refractivity contribution < 1.29 is 14.0 Å². The molecule has 37 heavy (non-hydrogen) atoms. The molecule has 6 aliphatic rings. The normalized spacial score (nSPS) is 32.7. The van der Waals surface area contributed by atoms with E-state index in [0.29, 0.717) is 31.5 Å². The average molecular weight is 528 g/mol. The molecule has 4 aliphatic carbocycles. The molecule has 1 saturated heterocycles. The third-order valence-electron chi connectivity index (χ3n) is 9.77. The summed E-state index contributed by atoms with van der Waals surface area (Å²) in [6, 6.07) is 2.97. The summed E-state index contributed by atoms with van der Waals surface area (Å²) in [5.41, 5.74) is 2.63. The van der Waals surface area contributed by atoms with Crippen LogP contribution in [-0.4, -0.2) is 40.6 Å². The van der Waals surface area contributed by atoms with Crippen LogP contribution in [0, 0.1) is 23.6 Å². The van der Waals surface area contributed by atoms with E-state index in [1.807, 2.05) is 0 Å². The Morgan fingerprint density at radius 3 is 2.41 bits per heavy atom. The number of piperidine rings is 1. The zero-order chi connectivity index (χ0) is 25.4. The van der Waals surface area contributed by atoms with Crippen LogP contribution in [0.3, 0.4) is 0 Å². The Labute approximate surface area is 225 Å². The van der Waals surface area contributed by atoms with Crippen LogP contribution in [0.5, 0.6) is 0 Å². The Kier molecular flexibility index (Phi) is 7.66. The topological polar surface area (TPSA) is 61.4 Å². The molecule has 7 heteroatoms. The number of carbonyl (C=O) groups is 2. The lowest BCUT2D eigenvalue weighted by atomic mass is 9.53. The summed E-state index contributed by atoms with van der Waals surface area (Å²) in [5.74, 6) is 3.42. The molecule has 4 saturated carbocycles. The molecule has 202 valence electrons. The Morgan fingerprint density at radius 2 is 1.68 bits per heavy atom. The van der Waals surface area contributed by atoms with E-state index >= 15 is 0 Å². The van der Waals surface area contributed by atoms with Crippen LogP contribution in [0.4, 0.5) is 4.39 Å². The number of thioether (sulfide) groups is 1. The molecule has 0 aromatic heterocycles. The predicted molar refractivity (Wildman–Crippen MR) is 145 cm³/mol. The average Bonchev–Trinajstić information content (AvgIpc) is 3.25. The first-order valence-electron chi connectivity index (χ1n) is 14.7. The summed E-state index contributed by atoms with van der Waals surface area (Å²) in [6.45, 7) is 2.41. The quantitative estimate of drug-likeness (QED) is 0.225. The molecule has 1 atom stereocenters. The first-order valence-corrected chi connectivity index (χ1v) is 15.7. The smallest absolute Gasteiger partial charge is 0.243 e. The molecular formula is C30H42FN3O2S. The minimum atomic E-state index is -0.302. The zero-order valence-electron chi connectivity index (χ0n) is 22.0. The van der Waals surface area contributed by atoms with E-state index in [1.54, 1.807) is 23.9 Å². The van der Waals surface area contributed by atoms with Gasteiger partial charge in [0.15, 0.2) is 0 Å². The van der Waals surface area contributed by atoms with Crippen LogP contribution in [0.25, 0.3) is 0 Å². The van der Waals surface area contributed by atoms with E-state index in [4.69, 9.17) is 0 Å². The van der Waals surface area contributed by atoms with Gasteiger partial charge in [-0.05, 0) is 111 Å². The Bertz CT molecular complexity index is 995. The molecule has 2 aliphatic heterocycles. The molecule has 1 aromatic carbocycles. The van der Waals surface area contributed by atoms with Crippen molar-refractivity contribution in [1.29, 1.82) is 0 Å². The van der Waals surface area contributed by atoms with Gasteiger partial charge in [-0.3, -0.25) is 19.8 Å². The summed E-state index contributed by atoms with van der Waals surface area (Å²) in [7, 11) is 0. The second-order valence-electron chi connectivity index (χ2n) is 12.7. The van der Waals surface area contributed by atoms with Crippen molar-refractivity contribution in [3.8, 4) is 0 Å². The molecular weight excluding hydrogens is 485 g/mol. The van der Waals surface area contributed by atoms with E-state index in [1.165, 1.54) is 70.8 Å². The number of hydrogen-bond donors (Lipinski definition) is 2. The first-order chi connectivity index (χ1) is 18.0. The molecule has 0 spiro atoms. The van der Waals surface area contributed by atoms with Gasteiger partial charge in [-0.1, -0.05) is 19.3 Å². The Hall–Kier alpha value is -1.44. The van der Waals surface area contributed by atoms with Crippen LogP contribution in [-0.2, 0) is 22.7 Å². The fourth-order valence-electron chi connectivity index (χ4n) is 8.46. The molecule has 5 fully saturated rings. The van der Waals surface area contributed by atoms with Gasteiger partial charge in [-0.25, -0.2) is 4.39 Å². The highest BCUT2D eigenvalue weighted by atomic mass is 32.2. The van der Waals surface area contributed by atoms with Crippen molar-refractivity contribution in [3.63, 3.8) is 0 Å². The van der Waals surface area contributed by atoms with Crippen LogP contribution in [0.1, 0.15) is 94.6 Å². The number of carbonyl (C=O) groups excluding carboxylic acids is 2. The van der Waals surface area contributed by atoms with Gasteiger partial charge in [0.25, 0.3) is 0 Å². The van der Waals surface area contributed by atoms with Gasteiger partial charge in [0.2, 0.25) is 11.8 Å². The fourth-order valence-corrected chi connectivity index (χ4v) is 9.60. The minimum absolute atomic E-state index is 0.195. The largest absolute Gasteiger partial charge is 0.311 e. The van der Waals surface area contributed by atoms with E-state index < -0.39 is 0 Å². The number of nitrogens with zero attached hydrogens (tertiary/aromatic N) is 1. The number of amides is 2. The maximum atomic E-state index is 14.3. The lowest BCUT2D eigenvalue weighted by Crippen LogP contribution is -2.58. The van der Waals surface area contributed by atoms with E-state index in [0.717, 1.165) is 45.9 Å². The van der Waals surface area contributed by atoms with Crippen LogP contribution >= 0.6 is 11.8 Å². The molecule has 1 aromatic rings. The van der Waals surface area contributed by atoms with Crippen LogP contribution in [0.15, 0.2) is 17.0 Å². The third-order valence-corrected chi connectivity index (χ3v) is 10.9. The SMILES string of the molecule is O=C1CCC(N2Cc3cc(F)cc(SCCCCCCCNC45CC6CC(CC(C6)C4)C5)c3C2)C(=O)N1. The van der Waals surface area contributed by atoms with Crippen LogP contribution in [0.2, 0.25) is 0 Å². The summed E-state index contributed by atoms with van der Waals surface area (Å²) >= 11 is 1.76. The van der Waals surface area contributed by atoms with Crippen molar-refractivity contribution >= 4 is 23.6 Å². The molecule has 5 nitrogen and oxygen atoms in total. The number of nitrogens with one attached hydrogen (secondary N) is 2. The number of halogens is 1. The second kappa shape index (κ2) is 11.0. The Balaban J connectivity index is 0.894. The van der Waals surface area contributed by atoms with Gasteiger partial charge in [0.1, 0.15) is 5.82 Å².